The Bertz CT molecular complexity index is 385. The largest absolute Gasteiger partial charge is 0.491 e. The molecule has 90 valence electrons. The minimum atomic E-state index is -0.719. The van der Waals surface area contributed by atoms with Crippen molar-refractivity contribution in [1.29, 1.82) is 0 Å². The Kier molecular flexibility index (Phi) is 4.68. The number of ether oxygens (including phenoxy) is 1. The van der Waals surface area contributed by atoms with Crippen LogP contribution in [0.5, 0.6) is 5.75 Å². The van der Waals surface area contributed by atoms with Crippen LogP contribution in [0.3, 0.4) is 0 Å². The number of nitrogens with two attached hydrogens (primary N) is 1. The van der Waals surface area contributed by atoms with Crippen molar-refractivity contribution in [3.05, 3.63) is 27.7 Å². The van der Waals surface area contributed by atoms with Crippen LogP contribution < -0.4 is 10.5 Å². The third kappa shape index (κ3) is 2.52. The van der Waals surface area contributed by atoms with Crippen molar-refractivity contribution in [1.82, 2.24) is 0 Å². The molecule has 2 nitrogen and oxygen atoms in total. The Morgan fingerprint density at radius 3 is 2.56 bits per heavy atom. The standard InChI is InChI=1S/C11H14BrF2NO/c1-6(3-4-15)7-5-8(12)10(14)11(16-2)9(7)13/h5-6H,3-4,15H2,1-2H3. The summed E-state index contributed by atoms with van der Waals surface area (Å²) in [7, 11) is 1.24. The van der Waals surface area contributed by atoms with E-state index in [1.165, 1.54) is 13.2 Å². The summed E-state index contributed by atoms with van der Waals surface area (Å²) in [6, 6.07) is 1.44. The van der Waals surface area contributed by atoms with Crippen molar-refractivity contribution in [2.24, 2.45) is 5.73 Å². The second-order valence-electron chi connectivity index (χ2n) is 3.59. The monoisotopic (exact) mass is 293 g/mol. The van der Waals surface area contributed by atoms with E-state index in [1.54, 1.807) is 0 Å². The van der Waals surface area contributed by atoms with Crippen LogP contribution in [0, 0.1) is 11.6 Å². The van der Waals surface area contributed by atoms with Crippen LogP contribution in [0.4, 0.5) is 8.78 Å². The molecule has 1 rings (SSSR count). The molecule has 1 aromatic rings. The SMILES string of the molecule is COc1c(F)c(Br)cc(C(C)CCN)c1F. The van der Waals surface area contributed by atoms with Crippen LogP contribution in [0.2, 0.25) is 0 Å². The van der Waals surface area contributed by atoms with Crippen molar-refractivity contribution in [3.8, 4) is 5.75 Å². The Labute approximate surface area is 102 Å². The topological polar surface area (TPSA) is 35.2 Å². The molecule has 1 unspecified atom stereocenters. The van der Waals surface area contributed by atoms with Crippen LogP contribution in [0.25, 0.3) is 0 Å². The summed E-state index contributed by atoms with van der Waals surface area (Å²) in [5.74, 6) is -1.79. The van der Waals surface area contributed by atoms with Gasteiger partial charge in [-0.1, -0.05) is 6.92 Å². The Morgan fingerprint density at radius 2 is 2.06 bits per heavy atom. The first-order chi connectivity index (χ1) is 7.52. The fourth-order valence-electron chi connectivity index (χ4n) is 1.54. The summed E-state index contributed by atoms with van der Waals surface area (Å²) in [5, 5.41) is 0. The summed E-state index contributed by atoms with van der Waals surface area (Å²) in [6.45, 7) is 2.30. The molecule has 0 fully saturated rings. The third-order valence-electron chi connectivity index (χ3n) is 2.48. The first kappa shape index (κ1) is 13.4. The summed E-state index contributed by atoms with van der Waals surface area (Å²) >= 11 is 3.04. The highest BCUT2D eigenvalue weighted by Crippen LogP contribution is 2.34. The number of halogens is 3. The van der Waals surface area contributed by atoms with Gasteiger partial charge in [0, 0.05) is 0 Å². The molecule has 0 radical (unpaired) electrons. The van der Waals surface area contributed by atoms with Crippen molar-refractivity contribution in [3.63, 3.8) is 0 Å². The van der Waals surface area contributed by atoms with Crippen molar-refractivity contribution in [2.75, 3.05) is 13.7 Å². The highest BCUT2D eigenvalue weighted by atomic mass is 79.9. The normalized spacial score (nSPS) is 12.6. The maximum absolute atomic E-state index is 13.9. The molecule has 2 N–H and O–H groups in total. The molecule has 0 spiro atoms. The molecule has 1 atom stereocenters. The molecule has 16 heavy (non-hydrogen) atoms. The summed E-state index contributed by atoms with van der Waals surface area (Å²) < 4.78 is 32.2. The molecule has 0 aromatic heterocycles. The zero-order valence-corrected chi connectivity index (χ0v) is 10.8. The van der Waals surface area contributed by atoms with Gasteiger partial charge in [0.25, 0.3) is 0 Å². The van der Waals surface area contributed by atoms with E-state index in [4.69, 9.17) is 10.5 Å². The van der Waals surface area contributed by atoms with Crippen molar-refractivity contribution >= 4 is 15.9 Å². The Hall–Kier alpha value is -0.680. The average molecular weight is 294 g/mol. The smallest absolute Gasteiger partial charge is 0.191 e. The van der Waals surface area contributed by atoms with Gasteiger partial charge in [0.05, 0.1) is 11.6 Å². The number of hydrogen-bond donors (Lipinski definition) is 1. The molecular weight excluding hydrogens is 280 g/mol. The van der Waals surface area contributed by atoms with E-state index < -0.39 is 11.6 Å². The van der Waals surface area contributed by atoms with Gasteiger partial charge in [0.1, 0.15) is 0 Å². The van der Waals surface area contributed by atoms with E-state index in [0.29, 0.717) is 18.5 Å². The summed E-state index contributed by atoms with van der Waals surface area (Å²) in [5.41, 5.74) is 5.83. The van der Waals surface area contributed by atoms with E-state index in [-0.39, 0.29) is 16.1 Å². The van der Waals surface area contributed by atoms with Gasteiger partial charge >= 0.3 is 0 Å². The van der Waals surface area contributed by atoms with Crippen LogP contribution in [0.1, 0.15) is 24.8 Å². The van der Waals surface area contributed by atoms with Gasteiger partial charge in [0.2, 0.25) is 0 Å². The van der Waals surface area contributed by atoms with Gasteiger partial charge in [-0.2, -0.15) is 0 Å². The van der Waals surface area contributed by atoms with E-state index in [0.717, 1.165) is 0 Å². The van der Waals surface area contributed by atoms with Crippen LogP contribution in [-0.2, 0) is 0 Å². The van der Waals surface area contributed by atoms with E-state index in [9.17, 15) is 8.78 Å². The lowest BCUT2D eigenvalue weighted by molar-refractivity contribution is 0.354. The zero-order valence-electron chi connectivity index (χ0n) is 9.19. The maximum atomic E-state index is 13.9. The van der Waals surface area contributed by atoms with E-state index in [2.05, 4.69) is 15.9 Å². The first-order valence-electron chi connectivity index (χ1n) is 4.94. The fraction of sp³-hybridized carbons (Fsp3) is 0.455. The van der Waals surface area contributed by atoms with Crippen LogP contribution in [0.15, 0.2) is 10.5 Å². The fourth-order valence-corrected chi connectivity index (χ4v) is 1.97. The molecule has 0 aliphatic carbocycles. The van der Waals surface area contributed by atoms with Crippen molar-refractivity contribution < 1.29 is 13.5 Å². The van der Waals surface area contributed by atoms with Gasteiger partial charge in [-0.15, -0.1) is 0 Å². The molecule has 0 bridgehead atoms. The van der Waals surface area contributed by atoms with Gasteiger partial charge in [-0.3, -0.25) is 0 Å². The Morgan fingerprint density at radius 1 is 1.44 bits per heavy atom. The third-order valence-corrected chi connectivity index (χ3v) is 3.06. The van der Waals surface area contributed by atoms with Crippen molar-refractivity contribution in [2.45, 2.75) is 19.3 Å². The molecule has 0 amide bonds. The van der Waals surface area contributed by atoms with Gasteiger partial charge in [0.15, 0.2) is 17.4 Å². The first-order valence-corrected chi connectivity index (χ1v) is 5.73. The number of benzene rings is 1. The molecule has 0 heterocycles. The Balaban J connectivity index is 3.25. The number of methoxy groups -OCH3 is 1. The van der Waals surface area contributed by atoms with E-state index in [1.807, 2.05) is 6.92 Å². The number of hydrogen-bond acceptors (Lipinski definition) is 2. The lowest BCUT2D eigenvalue weighted by atomic mass is 9.97. The zero-order chi connectivity index (χ0) is 12.3. The minimum Gasteiger partial charge on any atom is -0.491 e. The molecule has 5 heteroatoms. The predicted molar refractivity (Wildman–Crippen MR) is 62.7 cm³/mol. The average Bonchev–Trinajstić information content (AvgIpc) is 2.24. The summed E-state index contributed by atoms with van der Waals surface area (Å²) in [6.07, 6.45) is 0.637. The molecule has 0 saturated carbocycles. The van der Waals surface area contributed by atoms with Gasteiger partial charge in [-0.25, -0.2) is 8.78 Å². The lowest BCUT2D eigenvalue weighted by Gasteiger charge is -2.15. The van der Waals surface area contributed by atoms with E-state index >= 15 is 0 Å². The predicted octanol–water partition coefficient (Wildman–Crippen LogP) is 3.19. The summed E-state index contributed by atoms with van der Waals surface area (Å²) in [4.78, 5) is 0. The second-order valence-corrected chi connectivity index (χ2v) is 4.44. The molecule has 1 aromatic carbocycles. The quantitative estimate of drug-likeness (QED) is 0.866. The molecule has 0 saturated heterocycles. The number of rotatable bonds is 4. The maximum Gasteiger partial charge on any atom is 0.191 e. The van der Waals surface area contributed by atoms with Gasteiger partial charge < -0.3 is 10.5 Å². The van der Waals surface area contributed by atoms with Crippen LogP contribution in [-0.4, -0.2) is 13.7 Å². The highest BCUT2D eigenvalue weighted by molar-refractivity contribution is 9.10. The van der Waals surface area contributed by atoms with Crippen LogP contribution >= 0.6 is 15.9 Å². The molecule has 0 aliphatic heterocycles. The van der Waals surface area contributed by atoms with Gasteiger partial charge in [-0.05, 0) is 46.4 Å². The lowest BCUT2D eigenvalue weighted by Crippen LogP contribution is -2.08. The second kappa shape index (κ2) is 5.59. The minimum absolute atomic E-state index is 0.0733. The highest BCUT2D eigenvalue weighted by Gasteiger charge is 2.21. The molecule has 0 aliphatic rings. The molecular formula is C11H14BrF2NO.